The Morgan fingerprint density at radius 3 is 2.59 bits per heavy atom. The lowest BCUT2D eigenvalue weighted by Crippen LogP contribution is -2.25. The first-order valence-electron chi connectivity index (χ1n) is 5.26. The van der Waals surface area contributed by atoms with Gasteiger partial charge in [-0.15, -0.1) is 11.3 Å². The first-order chi connectivity index (χ1) is 8.16. The number of amides is 1. The third-order valence-electron chi connectivity index (χ3n) is 2.46. The third-order valence-corrected chi connectivity index (χ3v) is 3.33. The molecule has 88 valence electrons. The van der Waals surface area contributed by atoms with E-state index in [2.05, 4.69) is 5.32 Å². The van der Waals surface area contributed by atoms with Crippen LogP contribution in [-0.2, 0) is 0 Å². The lowest BCUT2D eigenvalue weighted by Gasteiger charge is -2.13. The molecule has 2 rings (SSSR count). The van der Waals surface area contributed by atoms with E-state index < -0.39 is 0 Å². The van der Waals surface area contributed by atoms with Gasteiger partial charge in [0.15, 0.2) is 0 Å². The molecule has 0 saturated carbocycles. The van der Waals surface area contributed by atoms with Crippen LogP contribution in [-0.4, -0.2) is 5.91 Å². The second-order valence-electron chi connectivity index (χ2n) is 3.72. The van der Waals surface area contributed by atoms with Crippen LogP contribution in [0.2, 0.25) is 0 Å². The minimum atomic E-state index is -0.273. The Balaban J connectivity index is 2.04. The Morgan fingerprint density at radius 2 is 2.00 bits per heavy atom. The SMILES string of the molecule is C[C@H](NC(=O)c1cccs1)c1ccc(F)cc1. The summed E-state index contributed by atoms with van der Waals surface area (Å²) in [6.07, 6.45) is 0. The molecule has 2 nitrogen and oxygen atoms in total. The highest BCUT2D eigenvalue weighted by molar-refractivity contribution is 7.12. The largest absolute Gasteiger partial charge is 0.345 e. The number of carbonyl (C=O) groups is 1. The van der Waals surface area contributed by atoms with Crippen LogP contribution in [0.1, 0.15) is 28.2 Å². The van der Waals surface area contributed by atoms with Crippen LogP contribution in [0, 0.1) is 5.82 Å². The predicted octanol–water partition coefficient (Wildman–Crippen LogP) is 3.38. The summed E-state index contributed by atoms with van der Waals surface area (Å²) in [5.41, 5.74) is 0.885. The maximum atomic E-state index is 12.8. The van der Waals surface area contributed by atoms with Gasteiger partial charge in [-0.1, -0.05) is 18.2 Å². The van der Waals surface area contributed by atoms with Crippen molar-refractivity contribution in [3.05, 3.63) is 58.0 Å². The normalized spacial score (nSPS) is 12.1. The number of hydrogen-bond acceptors (Lipinski definition) is 2. The van der Waals surface area contributed by atoms with E-state index in [-0.39, 0.29) is 17.8 Å². The maximum absolute atomic E-state index is 12.8. The summed E-state index contributed by atoms with van der Waals surface area (Å²) >= 11 is 1.40. The quantitative estimate of drug-likeness (QED) is 0.887. The van der Waals surface area contributed by atoms with Gasteiger partial charge in [0, 0.05) is 0 Å². The summed E-state index contributed by atoms with van der Waals surface area (Å²) in [5, 5.41) is 4.73. The molecule has 0 aliphatic rings. The van der Waals surface area contributed by atoms with Gasteiger partial charge in [0.2, 0.25) is 0 Å². The molecule has 0 aliphatic carbocycles. The highest BCUT2D eigenvalue weighted by atomic mass is 32.1. The number of halogens is 1. The molecule has 0 fully saturated rings. The molecule has 17 heavy (non-hydrogen) atoms. The molecule has 0 aliphatic heterocycles. The van der Waals surface area contributed by atoms with Crippen LogP contribution in [0.25, 0.3) is 0 Å². The van der Waals surface area contributed by atoms with E-state index in [0.29, 0.717) is 4.88 Å². The minimum Gasteiger partial charge on any atom is -0.345 e. The topological polar surface area (TPSA) is 29.1 Å². The standard InChI is InChI=1S/C13H12FNOS/c1-9(10-4-6-11(14)7-5-10)15-13(16)12-3-2-8-17-12/h2-9H,1H3,(H,15,16)/t9-/m0/s1. The Bertz CT molecular complexity index is 493. The van der Waals surface area contributed by atoms with Gasteiger partial charge in [-0.05, 0) is 36.1 Å². The van der Waals surface area contributed by atoms with Crippen LogP contribution in [0.15, 0.2) is 41.8 Å². The number of rotatable bonds is 3. The molecule has 0 unspecified atom stereocenters. The molecule has 4 heteroatoms. The molecular formula is C13H12FNOS. The van der Waals surface area contributed by atoms with Gasteiger partial charge >= 0.3 is 0 Å². The van der Waals surface area contributed by atoms with Gasteiger partial charge in [0.25, 0.3) is 5.91 Å². The van der Waals surface area contributed by atoms with Crippen molar-refractivity contribution in [2.75, 3.05) is 0 Å². The summed E-state index contributed by atoms with van der Waals surface area (Å²) < 4.78 is 12.8. The molecule has 2 aromatic rings. The van der Waals surface area contributed by atoms with Crippen molar-refractivity contribution in [2.45, 2.75) is 13.0 Å². The van der Waals surface area contributed by atoms with Gasteiger partial charge in [-0.3, -0.25) is 4.79 Å². The zero-order valence-electron chi connectivity index (χ0n) is 9.31. The molecule has 0 bridgehead atoms. The zero-order valence-corrected chi connectivity index (χ0v) is 10.1. The van der Waals surface area contributed by atoms with Crippen molar-refractivity contribution in [3.63, 3.8) is 0 Å². The van der Waals surface area contributed by atoms with Gasteiger partial charge in [0.1, 0.15) is 5.82 Å². The molecule has 0 spiro atoms. The smallest absolute Gasteiger partial charge is 0.261 e. The van der Waals surface area contributed by atoms with E-state index in [0.717, 1.165) is 5.56 Å². The molecule has 1 amide bonds. The van der Waals surface area contributed by atoms with E-state index >= 15 is 0 Å². The Morgan fingerprint density at radius 1 is 1.29 bits per heavy atom. The molecule has 1 N–H and O–H groups in total. The Hall–Kier alpha value is -1.68. The number of thiophene rings is 1. The van der Waals surface area contributed by atoms with Crippen LogP contribution >= 0.6 is 11.3 Å². The Labute approximate surface area is 103 Å². The number of benzene rings is 1. The van der Waals surface area contributed by atoms with Crippen molar-refractivity contribution >= 4 is 17.2 Å². The van der Waals surface area contributed by atoms with E-state index in [1.165, 1.54) is 23.5 Å². The zero-order chi connectivity index (χ0) is 12.3. The van der Waals surface area contributed by atoms with Gasteiger partial charge < -0.3 is 5.32 Å². The maximum Gasteiger partial charge on any atom is 0.261 e. The molecule has 1 atom stereocenters. The second kappa shape index (κ2) is 5.10. The summed E-state index contributed by atoms with van der Waals surface area (Å²) in [4.78, 5) is 12.5. The molecule has 1 aromatic heterocycles. The summed E-state index contributed by atoms with van der Waals surface area (Å²) in [5.74, 6) is -0.373. The second-order valence-corrected chi connectivity index (χ2v) is 4.67. The first-order valence-corrected chi connectivity index (χ1v) is 6.14. The lowest BCUT2D eigenvalue weighted by molar-refractivity contribution is 0.0944. The highest BCUT2D eigenvalue weighted by Crippen LogP contribution is 2.15. The fourth-order valence-corrected chi connectivity index (χ4v) is 2.14. The Kier molecular flexibility index (Phi) is 3.54. The van der Waals surface area contributed by atoms with E-state index in [9.17, 15) is 9.18 Å². The fourth-order valence-electron chi connectivity index (χ4n) is 1.51. The molecular weight excluding hydrogens is 237 g/mol. The fraction of sp³-hybridized carbons (Fsp3) is 0.154. The summed E-state index contributed by atoms with van der Waals surface area (Å²) in [6.45, 7) is 1.87. The van der Waals surface area contributed by atoms with Crippen molar-refractivity contribution in [1.82, 2.24) is 5.32 Å². The van der Waals surface area contributed by atoms with Crippen molar-refractivity contribution < 1.29 is 9.18 Å². The average molecular weight is 249 g/mol. The van der Waals surface area contributed by atoms with Gasteiger partial charge in [-0.25, -0.2) is 4.39 Å². The monoisotopic (exact) mass is 249 g/mol. The van der Waals surface area contributed by atoms with Crippen LogP contribution in [0.5, 0.6) is 0 Å². The van der Waals surface area contributed by atoms with Crippen LogP contribution in [0.4, 0.5) is 4.39 Å². The van der Waals surface area contributed by atoms with Crippen molar-refractivity contribution in [2.24, 2.45) is 0 Å². The number of hydrogen-bond donors (Lipinski definition) is 1. The summed E-state index contributed by atoms with van der Waals surface area (Å²) in [6, 6.07) is 9.61. The van der Waals surface area contributed by atoms with Gasteiger partial charge in [-0.2, -0.15) is 0 Å². The summed E-state index contributed by atoms with van der Waals surface area (Å²) in [7, 11) is 0. The van der Waals surface area contributed by atoms with Crippen molar-refractivity contribution in [3.8, 4) is 0 Å². The van der Waals surface area contributed by atoms with E-state index in [1.807, 2.05) is 18.4 Å². The number of carbonyl (C=O) groups excluding carboxylic acids is 1. The average Bonchev–Trinajstić information content (AvgIpc) is 2.83. The first kappa shape index (κ1) is 11.8. The van der Waals surface area contributed by atoms with Crippen LogP contribution < -0.4 is 5.32 Å². The highest BCUT2D eigenvalue weighted by Gasteiger charge is 2.11. The molecule has 1 heterocycles. The third kappa shape index (κ3) is 2.91. The predicted molar refractivity (Wildman–Crippen MR) is 66.6 cm³/mol. The molecule has 0 radical (unpaired) electrons. The molecule has 1 aromatic carbocycles. The minimum absolute atomic E-state index is 0.100. The lowest BCUT2D eigenvalue weighted by atomic mass is 10.1. The van der Waals surface area contributed by atoms with Crippen LogP contribution in [0.3, 0.4) is 0 Å². The van der Waals surface area contributed by atoms with E-state index in [4.69, 9.17) is 0 Å². The van der Waals surface area contributed by atoms with Crippen molar-refractivity contribution in [1.29, 1.82) is 0 Å². The van der Waals surface area contributed by atoms with E-state index in [1.54, 1.807) is 18.2 Å². The molecule has 0 saturated heterocycles. The number of nitrogens with one attached hydrogen (secondary N) is 1. The van der Waals surface area contributed by atoms with Gasteiger partial charge in [0.05, 0.1) is 10.9 Å².